The second-order valence-electron chi connectivity index (χ2n) is 3.10. The number of Topliss-reactive ketones (excluding diaryl/α,β-unsaturated/α-hetero) is 1. The normalized spacial score (nSPS) is 12.2. The summed E-state index contributed by atoms with van der Waals surface area (Å²) in [6.07, 6.45) is -1.42. The second-order valence-corrected chi connectivity index (χ2v) is 3.10. The first-order valence-electron chi connectivity index (χ1n) is 5.26. The highest BCUT2D eigenvalue weighted by Crippen LogP contribution is 2.19. The molecule has 0 bridgehead atoms. The van der Waals surface area contributed by atoms with Gasteiger partial charge >= 0.3 is 0 Å². The zero-order chi connectivity index (χ0) is 12.0. The van der Waals surface area contributed by atoms with E-state index in [2.05, 4.69) is 0 Å². The molecule has 1 atom stereocenters. The average molecular weight is 224 g/mol. The van der Waals surface area contributed by atoms with Crippen LogP contribution >= 0.6 is 0 Å². The van der Waals surface area contributed by atoms with Crippen molar-refractivity contribution in [3.05, 3.63) is 29.8 Å². The fourth-order valence-corrected chi connectivity index (χ4v) is 1.32. The summed E-state index contributed by atoms with van der Waals surface area (Å²) in [7, 11) is 0. The first kappa shape index (κ1) is 12.7. The fourth-order valence-electron chi connectivity index (χ4n) is 1.32. The van der Waals surface area contributed by atoms with Gasteiger partial charge in [-0.05, 0) is 26.0 Å². The third-order valence-corrected chi connectivity index (χ3v) is 2.00. The van der Waals surface area contributed by atoms with Gasteiger partial charge in [-0.3, -0.25) is 4.79 Å². The molecule has 0 saturated carbocycles. The molecular weight excluding hydrogens is 208 g/mol. The highest BCUT2D eigenvalue weighted by atomic mass is 16.6. The number of carbonyl (C=O) groups excluding carboxylic acids is 1. The van der Waals surface area contributed by atoms with Crippen LogP contribution in [0.4, 0.5) is 0 Å². The predicted molar refractivity (Wildman–Crippen MR) is 59.6 cm³/mol. The van der Waals surface area contributed by atoms with Crippen LogP contribution in [-0.2, 0) is 4.74 Å². The second kappa shape index (κ2) is 6.25. The molecule has 0 aliphatic heterocycles. The predicted octanol–water partition coefficient (Wildman–Crippen LogP) is 1.62. The van der Waals surface area contributed by atoms with Crippen molar-refractivity contribution in [2.45, 2.75) is 20.1 Å². The lowest BCUT2D eigenvalue weighted by atomic mass is 10.1. The average Bonchev–Trinajstić information content (AvgIpc) is 2.29. The van der Waals surface area contributed by atoms with E-state index in [0.717, 1.165) is 0 Å². The van der Waals surface area contributed by atoms with Crippen LogP contribution in [0.3, 0.4) is 0 Å². The summed E-state index contributed by atoms with van der Waals surface area (Å²) in [6.45, 7) is 4.30. The van der Waals surface area contributed by atoms with Crippen LogP contribution in [0.2, 0.25) is 0 Å². The van der Waals surface area contributed by atoms with Crippen LogP contribution in [0.1, 0.15) is 24.2 Å². The highest BCUT2D eigenvalue weighted by molar-refractivity contribution is 6.00. The number of hydrogen-bond donors (Lipinski definition) is 1. The Morgan fingerprint density at radius 1 is 1.31 bits per heavy atom. The topological polar surface area (TPSA) is 55.8 Å². The van der Waals surface area contributed by atoms with Gasteiger partial charge in [0.1, 0.15) is 5.75 Å². The molecule has 0 aliphatic carbocycles. The number of ether oxygens (including phenoxy) is 2. The molecule has 16 heavy (non-hydrogen) atoms. The van der Waals surface area contributed by atoms with Crippen molar-refractivity contribution in [3.8, 4) is 5.75 Å². The van der Waals surface area contributed by atoms with E-state index in [1.165, 1.54) is 0 Å². The number of benzene rings is 1. The number of para-hydroxylation sites is 1. The molecule has 0 fully saturated rings. The van der Waals surface area contributed by atoms with E-state index >= 15 is 0 Å². The van der Waals surface area contributed by atoms with Gasteiger partial charge in [-0.2, -0.15) is 0 Å². The maximum Gasteiger partial charge on any atom is 0.222 e. The van der Waals surface area contributed by atoms with Crippen molar-refractivity contribution in [1.82, 2.24) is 0 Å². The maximum atomic E-state index is 11.8. The van der Waals surface area contributed by atoms with Crippen molar-refractivity contribution in [2.24, 2.45) is 0 Å². The highest BCUT2D eigenvalue weighted by Gasteiger charge is 2.20. The summed E-state index contributed by atoms with van der Waals surface area (Å²) in [5.74, 6) is -0.0142. The summed E-state index contributed by atoms with van der Waals surface area (Å²) >= 11 is 0. The van der Waals surface area contributed by atoms with E-state index in [1.807, 2.05) is 6.92 Å². The molecule has 0 aliphatic rings. The Bertz CT molecular complexity index is 349. The smallest absolute Gasteiger partial charge is 0.222 e. The molecule has 1 aromatic rings. The minimum atomic E-state index is -1.42. The Labute approximate surface area is 94.8 Å². The zero-order valence-electron chi connectivity index (χ0n) is 9.47. The molecule has 0 heterocycles. The lowest BCUT2D eigenvalue weighted by Gasteiger charge is -2.12. The SMILES string of the molecule is CCOc1ccccc1C(=O)C(O)OCC. The molecule has 1 N–H and O–H groups in total. The van der Waals surface area contributed by atoms with E-state index in [9.17, 15) is 9.90 Å². The first-order valence-corrected chi connectivity index (χ1v) is 5.26. The van der Waals surface area contributed by atoms with Gasteiger partial charge in [-0.1, -0.05) is 12.1 Å². The minimum absolute atomic E-state index is 0.281. The Morgan fingerprint density at radius 2 is 2.00 bits per heavy atom. The van der Waals surface area contributed by atoms with E-state index in [4.69, 9.17) is 9.47 Å². The summed E-state index contributed by atoms with van der Waals surface area (Å²) in [5, 5.41) is 9.44. The Hall–Kier alpha value is -1.39. The van der Waals surface area contributed by atoms with Gasteiger partial charge in [0, 0.05) is 6.61 Å². The summed E-state index contributed by atoms with van der Waals surface area (Å²) in [5.41, 5.74) is 0.338. The van der Waals surface area contributed by atoms with Gasteiger partial charge in [0.2, 0.25) is 12.1 Å². The number of carbonyl (C=O) groups is 1. The zero-order valence-corrected chi connectivity index (χ0v) is 9.47. The minimum Gasteiger partial charge on any atom is -0.493 e. The van der Waals surface area contributed by atoms with Crippen LogP contribution in [-0.4, -0.2) is 30.4 Å². The molecule has 0 saturated heterocycles. The lowest BCUT2D eigenvalue weighted by molar-refractivity contribution is -0.0676. The van der Waals surface area contributed by atoms with Crippen molar-refractivity contribution in [1.29, 1.82) is 0 Å². The monoisotopic (exact) mass is 224 g/mol. The van der Waals surface area contributed by atoms with E-state index < -0.39 is 12.1 Å². The van der Waals surface area contributed by atoms with Crippen molar-refractivity contribution in [2.75, 3.05) is 13.2 Å². The molecule has 1 unspecified atom stereocenters. The van der Waals surface area contributed by atoms with E-state index in [0.29, 0.717) is 17.9 Å². The molecule has 1 rings (SSSR count). The van der Waals surface area contributed by atoms with Crippen LogP contribution in [0.15, 0.2) is 24.3 Å². The standard InChI is InChI=1S/C12H16O4/c1-3-15-10-8-6-5-7-9(10)11(13)12(14)16-4-2/h5-8,12,14H,3-4H2,1-2H3. The van der Waals surface area contributed by atoms with E-state index in [-0.39, 0.29) is 6.61 Å². The lowest BCUT2D eigenvalue weighted by Crippen LogP contribution is -2.24. The number of rotatable bonds is 6. The van der Waals surface area contributed by atoms with Crippen LogP contribution in [0.5, 0.6) is 5.75 Å². The van der Waals surface area contributed by atoms with Gasteiger partial charge in [0.15, 0.2) is 0 Å². The molecule has 88 valence electrons. The Balaban J connectivity index is 2.89. The fraction of sp³-hybridized carbons (Fsp3) is 0.417. The molecule has 1 aromatic carbocycles. The van der Waals surface area contributed by atoms with Gasteiger partial charge < -0.3 is 14.6 Å². The largest absolute Gasteiger partial charge is 0.493 e. The van der Waals surface area contributed by atoms with Crippen LogP contribution < -0.4 is 4.74 Å². The number of aliphatic hydroxyl groups excluding tert-OH is 1. The molecule has 4 nitrogen and oxygen atoms in total. The molecule has 4 heteroatoms. The molecule has 0 radical (unpaired) electrons. The van der Waals surface area contributed by atoms with E-state index in [1.54, 1.807) is 31.2 Å². The molecule has 0 amide bonds. The summed E-state index contributed by atoms with van der Waals surface area (Å²) < 4.78 is 10.1. The number of hydrogen-bond acceptors (Lipinski definition) is 4. The van der Waals surface area contributed by atoms with Crippen molar-refractivity contribution in [3.63, 3.8) is 0 Å². The third kappa shape index (κ3) is 3.05. The van der Waals surface area contributed by atoms with Gasteiger partial charge in [-0.25, -0.2) is 0 Å². The van der Waals surface area contributed by atoms with Crippen LogP contribution in [0, 0.1) is 0 Å². The summed E-state index contributed by atoms with van der Waals surface area (Å²) in [6, 6.07) is 6.79. The van der Waals surface area contributed by atoms with Crippen molar-refractivity contribution < 1.29 is 19.4 Å². The van der Waals surface area contributed by atoms with Gasteiger partial charge in [-0.15, -0.1) is 0 Å². The molecular formula is C12H16O4. The Kier molecular flexibility index (Phi) is 4.95. The first-order chi connectivity index (χ1) is 7.70. The van der Waals surface area contributed by atoms with Gasteiger partial charge in [0.05, 0.1) is 12.2 Å². The van der Waals surface area contributed by atoms with Crippen molar-refractivity contribution >= 4 is 5.78 Å². The van der Waals surface area contributed by atoms with Gasteiger partial charge in [0.25, 0.3) is 0 Å². The summed E-state index contributed by atoms with van der Waals surface area (Å²) in [4.78, 5) is 11.8. The number of ketones is 1. The molecule has 0 spiro atoms. The third-order valence-electron chi connectivity index (χ3n) is 2.00. The Morgan fingerprint density at radius 3 is 2.62 bits per heavy atom. The van der Waals surface area contributed by atoms with Crippen LogP contribution in [0.25, 0.3) is 0 Å². The molecule has 0 aromatic heterocycles. The quantitative estimate of drug-likeness (QED) is 0.589. The maximum absolute atomic E-state index is 11.8. The number of aliphatic hydroxyl groups is 1.